The maximum Gasteiger partial charge on any atom is 0.104 e. The maximum atomic E-state index is 6.65. The fourth-order valence-electron chi connectivity index (χ4n) is 6.62. The summed E-state index contributed by atoms with van der Waals surface area (Å²) in [5.41, 5.74) is -1.17. The first-order valence-electron chi connectivity index (χ1n) is 11.6. The van der Waals surface area contributed by atoms with Crippen LogP contribution in [0.1, 0.15) is 38.5 Å². The lowest BCUT2D eigenvalue weighted by molar-refractivity contribution is -0.335. The number of hydrogen-bond donors (Lipinski definition) is 0. The largest absolute Gasteiger partial charge is 0.372 e. The molecule has 8 aliphatic rings. The first-order valence-corrected chi connectivity index (χ1v) is 11.6. The standard InChI is InChI=1S/C22H32O8/c1-15(23-1)5-27-19-9-20(28-6-16-2-24-16)12-21(10-19,29-7-17-3-25-17)14-22(11-19,13-20)30-8-18-4-26-18/h15-18H,1-14H2. The summed E-state index contributed by atoms with van der Waals surface area (Å²) >= 11 is 0. The number of epoxide rings is 4. The molecule has 8 heteroatoms. The third-order valence-electron chi connectivity index (χ3n) is 7.78. The van der Waals surface area contributed by atoms with Crippen LogP contribution in [-0.2, 0) is 37.9 Å². The van der Waals surface area contributed by atoms with Gasteiger partial charge in [-0.25, -0.2) is 0 Å². The molecule has 4 saturated heterocycles. The van der Waals surface area contributed by atoms with Crippen LogP contribution >= 0.6 is 0 Å². The van der Waals surface area contributed by atoms with E-state index in [0.717, 1.165) is 65.0 Å². The topological polar surface area (TPSA) is 87.0 Å². The Labute approximate surface area is 176 Å². The van der Waals surface area contributed by atoms with E-state index in [0.29, 0.717) is 26.4 Å². The molecule has 168 valence electrons. The molecule has 8 nitrogen and oxygen atoms in total. The molecule has 4 aliphatic heterocycles. The Hall–Kier alpha value is -0.320. The van der Waals surface area contributed by atoms with Crippen molar-refractivity contribution in [1.82, 2.24) is 0 Å². The van der Waals surface area contributed by atoms with E-state index in [9.17, 15) is 0 Å². The molecular weight excluding hydrogens is 392 g/mol. The fraction of sp³-hybridized carbons (Fsp3) is 1.00. The minimum absolute atomic E-state index is 0.239. The quantitative estimate of drug-likeness (QED) is 0.429. The summed E-state index contributed by atoms with van der Waals surface area (Å²) in [5, 5.41) is 0. The van der Waals surface area contributed by atoms with Gasteiger partial charge in [-0.2, -0.15) is 0 Å². The van der Waals surface area contributed by atoms with Crippen LogP contribution < -0.4 is 0 Å². The van der Waals surface area contributed by atoms with E-state index in [1.807, 2.05) is 0 Å². The van der Waals surface area contributed by atoms with E-state index in [2.05, 4.69) is 0 Å². The number of hydrogen-bond acceptors (Lipinski definition) is 8. The molecule has 0 aromatic heterocycles. The van der Waals surface area contributed by atoms with Crippen LogP contribution in [0.15, 0.2) is 0 Å². The Kier molecular flexibility index (Phi) is 4.22. The molecule has 4 saturated carbocycles. The van der Waals surface area contributed by atoms with Gasteiger partial charge in [0.15, 0.2) is 0 Å². The summed E-state index contributed by atoms with van der Waals surface area (Å²) in [5.74, 6) is 0. The van der Waals surface area contributed by atoms with Crippen molar-refractivity contribution in [2.24, 2.45) is 0 Å². The van der Waals surface area contributed by atoms with E-state index in [-0.39, 0.29) is 46.8 Å². The Balaban J connectivity index is 1.19. The lowest BCUT2D eigenvalue weighted by Crippen LogP contribution is -2.74. The smallest absolute Gasteiger partial charge is 0.104 e. The van der Waals surface area contributed by atoms with Gasteiger partial charge in [-0.05, 0) is 0 Å². The minimum atomic E-state index is -0.292. The van der Waals surface area contributed by atoms with Crippen LogP contribution in [0.4, 0.5) is 0 Å². The van der Waals surface area contributed by atoms with Crippen LogP contribution in [-0.4, -0.2) is 99.7 Å². The Morgan fingerprint density at radius 3 is 0.800 bits per heavy atom. The van der Waals surface area contributed by atoms with E-state index in [4.69, 9.17) is 37.9 Å². The van der Waals surface area contributed by atoms with Gasteiger partial charge in [0, 0.05) is 38.5 Å². The van der Waals surface area contributed by atoms with E-state index in [1.54, 1.807) is 0 Å². The molecule has 4 atom stereocenters. The number of rotatable bonds is 12. The maximum absolute atomic E-state index is 6.65. The Morgan fingerprint density at radius 1 is 0.433 bits per heavy atom. The van der Waals surface area contributed by atoms with Gasteiger partial charge >= 0.3 is 0 Å². The first-order chi connectivity index (χ1) is 14.6. The van der Waals surface area contributed by atoms with E-state index in [1.165, 1.54) is 0 Å². The average Bonchev–Trinajstić information content (AvgIpc) is 3.55. The summed E-state index contributed by atoms with van der Waals surface area (Å²) < 4.78 is 48.4. The van der Waals surface area contributed by atoms with E-state index < -0.39 is 0 Å². The third-order valence-corrected chi connectivity index (χ3v) is 7.78. The molecule has 8 fully saturated rings. The third kappa shape index (κ3) is 3.83. The van der Waals surface area contributed by atoms with Crippen molar-refractivity contribution in [1.29, 1.82) is 0 Å². The van der Waals surface area contributed by atoms with Crippen molar-refractivity contribution < 1.29 is 37.9 Å². The minimum Gasteiger partial charge on any atom is -0.372 e. The zero-order valence-corrected chi connectivity index (χ0v) is 17.5. The Morgan fingerprint density at radius 2 is 0.633 bits per heavy atom. The molecule has 4 aliphatic carbocycles. The summed E-state index contributed by atoms with van der Waals surface area (Å²) in [6, 6.07) is 0. The molecule has 8 rings (SSSR count). The summed E-state index contributed by atoms with van der Waals surface area (Å²) in [7, 11) is 0. The van der Waals surface area contributed by atoms with Gasteiger partial charge in [-0.15, -0.1) is 0 Å². The van der Waals surface area contributed by atoms with Crippen molar-refractivity contribution in [3.05, 3.63) is 0 Å². The summed E-state index contributed by atoms with van der Waals surface area (Å²) in [6.07, 6.45) is 6.35. The van der Waals surface area contributed by atoms with Gasteiger partial charge in [-0.1, -0.05) is 0 Å². The van der Waals surface area contributed by atoms with Crippen LogP contribution in [0.3, 0.4) is 0 Å². The number of ether oxygens (including phenoxy) is 8. The van der Waals surface area contributed by atoms with E-state index >= 15 is 0 Å². The molecule has 4 unspecified atom stereocenters. The second-order valence-electron chi connectivity index (χ2n) is 10.9. The molecule has 4 bridgehead atoms. The Bertz CT molecular complexity index is 531. The van der Waals surface area contributed by atoms with Gasteiger partial charge in [0.05, 0.1) is 75.3 Å². The second kappa shape index (κ2) is 6.60. The molecule has 4 heterocycles. The lowest BCUT2D eigenvalue weighted by atomic mass is 9.48. The molecule has 0 aromatic carbocycles. The van der Waals surface area contributed by atoms with Crippen LogP contribution in [0.25, 0.3) is 0 Å². The fourth-order valence-corrected chi connectivity index (χ4v) is 6.62. The highest BCUT2D eigenvalue weighted by atomic mass is 16.6. The highest BCUT2D eigenvalue weighted by Gasteiger charge is 2.71. The van der Waals surface area contributed by atoms with Crippen molar-refractivity contribution in [3.63, 3.8) is 0 Å². The molecular formula is C22H32O8. The predicted octanol–water partition coefficient (Wildman–Crippen LogP) is 0.985. The van der Waals surface area contributed by atoms with Gasteiger partial charge in [-0.3, -0.25) is 0 Å². The summed E-state index contributed by atoms with van der Waals surface area (Å²) in [4.78, 5) is 0. The average molecular weight is 424 g/mol. The zero-order valence-electron chi connectivity index (χ0n) is 17.5. The van der Waals surface area contributed by atoms with Crippen molar-refractivity contribution in [2.75, 3.05) is 52.9 Å². The SMILES string of the molecule is C1OC1COC12CC3(OCC4CO4)CC(OCC4CO4)(C1)CC(OCC1CO1)(C2)C3. The molecule has 0 N–H and O–H groups in total. The van der Waals surface area contributed by atoms with Crippen LogP contribution in [0.2, 0.25) is 0 Å². The monoisotopic (exact) mass is 424 g/mol. The molecule has 0 amide bonds. The van der Waals surface area contributed by atoms with Crippen molar-refractivity contribution in [2.45, 2.75) is 85.3 Å². The molecule has 0 spiro atoms. The lowest BCUT2D eigenvalue weighted by Gasteiger charge is -2.68. The van der Waals surface area contributed by atoms with Gasteiger partial charge < -0.3 is 37.9 Å². The normalized spacial score (nSPS) is 54.4. The second-order valence-corrected chi connectivity index (χ2v) is 10.9. The van der Waals surface area contributed by atoms with Crippen molar-refractivity contribution in [3.8, 4) is 0 Å². The van der Waals surface area contributed by atoms with Crippen LogP contribution in [0, 0.1) is 0 Å². The van der Waals surface area contributed by atoms with Crippen molar-refractivity contribution >= 4 is 0 Å². The van der Waals surface area contributed by atoms with Gasteiger partial charge in [0.2, 0.25) is 0 Å². The molecule has 0 aromatic rings. The summed E-state index contributed by atoms with van der Waals surface area (Å²) in [6.45, 7) is 5.79. The molecule has 30 heavy (non-hydrogen) atoms. The van der Waals surface area contributed by atoms with Gasteiger partial charge in [0.25, 0.3) is 0 Å². The van der Waals surface area contributed by atoms with Gasteiger partial charge in [0.1, 0.15) is 24.4 Å². The van der Waals surface area contributed by atoms with Crippen LogP contribution in [0.5, 0.6) is 0 Å². The predicted molar refractivity (Wildman–Crippen MR) is 101 cm³/mol. The highest BCUT2D eigenvalue weighted by molar-refractivity contribution is 5.23. The first kappa shape index (κ1) is 19.2. The zero-order chi connectivity index (χ0) is 19.9. The highest BCUT2D eigenvalue weighted by Crippen LogP contribution is 2.65. The molecule has 0 radical (unpaired) electrons.